The van der Waals surface area contributed by atoms with Crippen molar-refractivity contribution in [1.29, 1.82) is 0 Å². The summed E-state index contributed by atoms with van der Waals surface area (Å²) >= 11 is 0. The Kier molecular flexibility index (Phi) is 4.16. The minimum atomic E-state index is -0.237. The van der Waals surface area contributed by atoms with Gasteiger partial charge in [0.25, 0.3) is 5.56 Å². The SMILES string of the molecule is Cc1ccc2c(C)nc(Nc3nc(-c4ccccc4C)cc(=O)[nH]3)nc2c1. The van der Waals surface area contributed by atoms with Crippen LogP contribution in [0.25, 0.3) is 22.2 Å². The highest BCUT2D eigenvalue weighted by molar-refractivity contribution is 5.82. The fourth-order valence-corrected chi connectivity index (χ4v) is 3.08. The third-order valence-corrected chi connectivity index (χ3v) is 4.44. The Labute approximate surface area is 156 Å². The summed E-state index contributed by atoms with van der Waals surface area (Å²) < 4.78 is 0. The van der Waals surface area contributed by atoms with Gasteiger partial charge in [0.2, 0.25) is 11.9 Å². The molecule has 0 aliphatic heterocycles. The van der Waals surface area contributed by atoms with Crippen molar-refractivity contribution in [2.75, 3.05) is 5.32 Å². The molecule has 4 rings (SSSR count). The van der Waals surface area contributed by atoms with E-state index < -0.39 is 0 Å². The highest BCUT2D eigenvalue weighted by Crippen LogP contribution is 2.22. The monoisotopic (exact) mass is 357 g/mol. The number of aromatic nitrogens is 4. The number of anilines is 2. The summed E-state index contributed by atoms with van der Waals surface area (Å²) in [5, 5.41) is 4.04. The number of aromatic amines is 1. The first-order valence-electron chi connectivity index (χ1n) is 8.69. The lowest BCUT2D eigenvalue weighted by molar-refractivity contribution is 1.08. The van der Waals surface area contributed by atoms with E-state index in [-0.39, 0.29) is 5.56 Å². The number of rotatable bonds is 3. The summed E-state index contributed by atoms with van der Waals surface area (Å²) in [6.07, 6.45) is 0. The van der Waals surface area contributed by atoms with Gasteiger partial charge in [-0.05, 0) is 38.0 Å². The van der Waals surface area contributed by atoms with Gasteiger partial charge in [0.05, 0.1) is 16.9 Å². The Hall–Kier alpha value is -3.54. The summed E-state index contributed by atoms with van der Waals surface area (Å²) in [6, 6.07) is 15.4. The predicted molar refractivity (Wildman–Crippen MR) is 107 cm³/mol. The molecule has 6 nitrogen and oxygen atoms in total. The lowest BCUT2D eigenvalue weighted by atomic mass is 10.1. The zero-order chi connectivity index (χ0) is 19.0. The molecular formula is C21H19N5O. The molecule has 0 spiro atoms. The van der Waals surface area contributed by atoms with E-state index in [0.29, 0.717) is 17.6 Å². The molecule has 4 aromatic rings. The number of aryl methyl sites for hydroxylation is 3. The number of H-pyrrole nitrogens is 1. The van der Waals surface area contributed by atoms with Crippen molar-refractivity contribution < 1.29 is 0 Å². The molecule has 0 radical (unpaired) electrons. The van der Waals surface area contributed by atoms with Crippen molar-refractivity contribution in [3.63, 3.8) is 0 Å². The lowest BCUT2D eigenvalue weighted by Crippen LogP contribution is -2.12. The maximum atomic E-state index is 12.1. The van der Waals surface area contributed by atoms with Gasteiger partial charge in [0.1, 0.15) is 0 Å². The minimum Gasteiger partial charge on any atom is -0.294 e. The molecule has 2 N–H and O–H groups in total. The first-order valence-corrected chi connectivity index (χ1v) is 8.69. The fraction of sp³-hybridized carbons (Fsp3) is 0.143. The Bertz CT molecular complexity index is 1210. The van der Waals surface area contributed by atoms with Gasteiger partial charge >= 0.3 is 0 Å². The molecule has 0 aliphatic carbocycles. The van der Waals surface area contributed by atoms with E-state index in [2.05, 4.69) is 25.3 Å². The van der Waals surface area contributed by atoms with E-state index in [0.717, 1.165) is 33.3 Å². The molecule has 2 heterocycles. The summed E-state index contributed by atoms with van der Waals surface area (Å²) in [5.41, 5.74) is 5.17. The molecule has 0 fully saturated rings. The van der Waals surface area contributed by atoms with E-state index in [9.17, 15) is 4.79 Å². The van der Waals surface area contributed by atoms with Crippen molar-refractivity contribution in [2.45, 2.75) is 20.8 Å². The van der Waals surface area contributed by atoms with Gasteiger partial charge in [0.15, 0.2) is 0 Å². The van der Waals surface area contributed by atoms with E-state index in [4.69, 9.17) is 0 Å². The summed E-state index contributed by atoms with van der Waals surface area (Å²) in [6.45, 7) is 5.95. The molecule has 0 saturated carbocycles. The van der Waals surface area contributed by atoms with Gasteiger partial charge in [-0.15, -0.1) is 0 Å². The zero-order valence-corrected chi connectivity index (χ0v) is 15.4. The third-order valence-electron chi connectivity index (χ3n) is 4.44. The Morgan fingerprint density at radius 3 is 2.56 bits per heavy atom. The first kappa shape index (κ1) is 16.9. The van der Waals surface area contributed by atoms with Crippen molar-refractivity contribution >= 4 is 22.8 Å². The maximum absolute atomic E-state index is 12.1. The van der Waals surface area contributed by atoms with Crippen molar-refractivity contribution in [2.24, 2.45) is 0 Å². The van der Waals surface area contributed by atoms with Crippen LogP contribution in [-0.4, -0.2) is 19.9 Å². The van der Waals surface area contributed by atoms with Gasteiger partial charge in [0, 0.05) is 17.0 Å². The second kappa shape index (κ2) is 6.64. The van der Waals surface area contributed by atoms with Crippen LogP contribution in [0.2, 0.25) is 0 Å². The van der Waals surface area contributed by atoms with E-state index in [1.165, 1.54) is 6.07 Å². The standard InChI is InChI=1S/C21H19N5O/c1-12-8-9-16-14(3)22-20(23-17(16)10-12)26-21-24-18(11-19(27)25-21)15-7-5-4-6-13(15)2/h4-11H,1-3H3,(H2,22,23,24,25,26,27). The van der Waals surface area contributed by atoms with Crippen LogP contribution in [0, 0.1) is 20.8 Å². The number of hydrogen-bond acceptors (Lipinski definition) is 5. The van der Waals surface area contributed by atoms with Gasteiger partial charge < -0.3 is 0 Å². The normalized spacial score (nSPS) is 10.9. The molecule has 2 aromatic carbocycles. The molecule has 134 valence electrons. The Morgan fingerprint density at radius 2 is 1.74 bits per heavy atom. The number of hydrogen-bond donors (Lipinski definition) is 2. The zero-order valence-electron chi connectivity index (χ0n) is 15.4. The molecule has 0 aliphatic rings. The maximum Gasteiger partial charge on any atom is 0.252 e. The second-order valence-electron chi connectivity index (χ2n) is 6.57. The van der Waals surface area contributed by atoms with Crippen LogP contribution >= 0.6 is 0 Å². The first-order chi connectivity index (χ1) is 13.0. The summed E-state index contributed by atoms with van der Waals surface area (Å²) in [7, 11) is 0. The van der Waals surface area contributed by atoms with Crippen molar-refractivity contribution in [1.82, 2.24) is 19.9 Å². The summed E-state index contributed by atoms with van der Waals surface area (Å²) in [5.74, 6) is 0.711. The molecule has 0 amide bonds. The predicted octanol–water partition coefficient (Wildman–Crippen LogP) is 4.05. The second-order valence-corrected chi connectivity index (χ2v) is 6.57. The van der Waals surface area contributed by atoms with Gasteiger partial charge in [-0.2, -0.15) is 0 Å². The quantitative estimate of drug-likeness (QED) is 0.578. The molecule has 0 bridgehead atoms. The van der Waals surface area contributed by atoms with Gasteiger partial charge in [-0.25, -0.2) is 15.0 Å². The van der Waals surface area contributed by atoms with Gasteiger partial charge in [-0.1, -0.05) is 36.4 Å². The fourth-order valence-electron chi connectivity index (χ4n) is 3.08. The number of benzene rings is 2. The molecule has 2 aromatic heterocycles. The molecule has 0 unspecified atom stereocenters. The highest BCUT2D eigenvalue weighted by atomic mass is 16.1. The van der Waals surface area contributed by atoms with E-state index in [1.807, 2.05) is 63.2 Å². The third kappa shape index (κ3) is 3.42. The number of nitrogens with zero attached hydrogens (tertiary/aromatic N) is 3. The van der Waals surface area contributed by atoms with Crippen LogP contribution in [0.5, 0.6) is 0 Å². The Morgan fingerprint density at radius 1 is 0.926 bits per heavy atom. The number of fused-ring (bicyclic) bond motifs is 1. The molecular weight excluding hydrogens is 338 g/mol. The number of nitrogens with one attached hydrogen (secondary N) is 2. The van der Waals surface area contributed by atoms with Crippen LogP contribution in [0.3, 0.4) is 0 Å². The average molecular weight is 357 g/mol. The van der Waals surface area contributed by atoms with Crippen LogP contribution in [0.1, 0.15) is 16.8 Å². The van der Waals surface area contributed by atoms with E-state index in [1.54, 1.807) is 0 Å². The lowest BCUT2D eigenvalue weighted by Gasteiger charge is -2.10. The topological polar surface area (TPSA) is 83.6 Å². The van der Waals surface area contributed by atoms with Crippen LogP contribution < -0.4 is 10.9 Å². The molecule has 0 saturated heterocycles. The van der Waals surface area contributed by atoms with Crippen molar-refractivity contribution in [3.05, 3.63) is 75.7 Å². The minimum absolute atomic E-state index is 0.237. The van der Waals surface area contributed by atoms with Crippen LogP contribution in [0.15, 0.2) is 53.3 Å². The largest absolute Gasteiger partial charge is 0.294 e. The highest BCUT2D eigenvalue weighted by Gasteiger charge is 2.09. The van der Waals surface area contributed by atoms with Crippen LogP contribution in [0.4, 0.5) is 11.9 Å². The average Bonchev–Trinajstić information content (AvgIpc) is 2.61. The van der Waals surface area contributed by atoms with E-state index >= 15 is 0 Å². The van der Waals surface area contributed by atoms with Crippen LogP contribution in [-0.2, 0) is 0 Å². The Balaban J connectivity index is 1.76. The summed E-state index contributed by atoms with van der Waals surface area (Å²) in [4.78, 5) is 28.4. The molecule has 6 heteroatoms. The molecule has 27 heavy (non-hydrogen) atoms. The molecule has 0 atom stereocenters. The smallest absolute Gasteiger partial charge is 0.252 e. The van der Waals surface area contributed by atoms with Crippen molar-refractivity contribution in [3.8, 4) is 11.3 Å². The van der Waals surface area contributed by atoms with Gasteiger partial charge in [-0.3, -0.25) is 15.1 Å².